The average molecular weight is 319 g/mol. The smallest absolute Gasteiger partial charge is 0.266 e. The van der Waals surface area contributed by atoms with E-state index in [1.807, 2.05) is 44.2 Å². The van der Waals surface area contributed by atoms with Crippen LogP contribution in [0.2, 0.25) is 0 Å². The second kappa shape index (κ2) is 6.91. The van der Waals surface area contributed by atoms with Gasteiger partial charge in [-0.05, 0) is 26.0 Å². The number of rotatable bonds is 5. The number of thioether (sulfide) groups is 1. The molecule has 2 rings (SSSR count). The van der Waals surface area contributed by atoms with E-state index in [1.165, 1.54) is 11.8 Å². The molecule has 0 aliphatic carbocycles. The van der Waals surface area contributed by atoms with Gasteiger partial charge in [-0.1, -0.05) is 48.3 Å². The molecule has 1 aromatic rings. The number of ether oxygens (including phenoxy) is 1. The second-order valence-electron chi connectivity index (χ2n) is 4.79. The molecule has 1 aliphatic heterocycles. The number of thiocarbonyl (C=S) groups is 1. The van der Waals surface area contributed by atoms with Gasteiger partial charge in [-0.2, -0.15) is 0 Å². The van der Waals surface area contributed by atoms with Crippen molar-refractivity contribution in [3.63, 3.8) is 0 Å². The van der Waals surface area contributed by atoms with Gasteiger partial charge in [0.2, 0.25) is 0 Å². The maximum absolute atomic E-state index is 12.3. The normalized spacial score (nSPS) is 16.9. The fourth-order valence-electron chi connectivity index (χ4n) is 1.89. The number of amides is 1. The summed E-state index contributed by atoms with van der Waals surface area (Å²) in [6.45, 7) is 8.03. The molecular formula is C16H17NO2S2. The van der Waals surface area contributed by atoms with Crippen LogP contribution in [0.25, 0.3) is 6.08 Å². The van der Waals surface area contributed by atoms with E-state index in [0.717, 1.165) is 11.3 Å². The number of benzene rings is 1. The summed E-state index contributed by atoms with van der Waals surface area (Å²) in [6, 6.07) is 7.66. The SMILES string of the molecule is C=CCN1C(=O)/C(=C/c2ccccc2OC(C)C)SC1=S. The topological polar surface area (TPSA) is 29.5 Å². The first-order chi connectivity index (χ1) is 10.0. The Hall–Kier alpha value is -1.59. The standard InChI is InChI=1S/C16H17NO2S2/c1-4-9-17-15(18)14(21-16(17)20)10-12-7-5-6-8-13(12)19-11(2)3/h4-8,10-11H,1,9H2,2-3H3/b14-10-. The fourth-order valence-corrected chi connectivity index (χ4v) is 3.15. The van der Waals surface area contributed by atoms with E-state index >= 15 is 0 Å². The van der Waals surface area contributed by atoms with Gasteiger partial charge < -0.3 is 4.74 Å². The number of para-hydroxylation sites is 1. The Morgan fingerprint density at radius 3 is 2.81 bits per heavy atom. The zero-order valence-corrected chi connectivity index (χ0v) is 13.7. The molecule has 1 aliphatic rings. The summed E-state index contributed by atoms with van der Waals surface area (Å²) in [5.74, 6) is 0.686. The first-order valence-corrected chi connectivity index (χ1v) is 7.87. The molecule has 1 saturated heterocycles. The zero-order valence-electron chi connectivity index (χ0n) is 12.0. The maximum atomic E-state index is 12.3. The van der Waals surface area contributed by atoms with Gasteiger partial charge in [0.15, 0.2) is 0 Å². The molecule has 3 nitrogen and oxygen atoms in total. The molecular weight excluding hydrogens is 302 g/mol. The Bertz CT molecular complexity index is 608. The lowest BCUT2D eigenvalue weighted by molar-refractivity contribution is -0.121. The van der Waals surface area contributed by atoms with Crippen molar-refractivity contribution in [3.05, 3.63) is 47.4 Å². The largest absolute Gasteiger partial charge is 0.490 e. The van der Waals surface area contributed by atoms with Gasteiger partial charge in [0, 0.05) is 12.1 Å². The summed E-state index contributed by atoms with van der Waals surface area (Å²) >= 11 is 6.54. The molecule has 0 atom stereocenters. The minimum absolute atomic E-state index is 0.0785. The van der Waals surface area contributed by atoms with E-state index in [-0.39, 0.29) is 12.0 Å². The summed E-state index contributed by atoms with van der Waals surface area (Å²) in [5.41, 5.74) is 0.880. The predicted octanol–water partition coefficient (Wildman–Crippen LogP) is 3.86. The first kappa shape index (κ1) is 15.8. The number of hydrogen-bond acceptors (Lipinski definition) is 4. The number of carbonyl (C=O) groups is 1. The Morgan fingerprint density at radius 2 is 2.14 bits per heavy atom. The van der Waals surface area contributed by atoms with E-state index in [2.05, 4.69) is 6.58 Å². The van der Waals surface area contributed by atoms with Crippen LogP contribution in [0, 0.1) is 0 Å². The number of hydrogen-bond donors (Lipinski definition) is 0. The van der Waals surface area contributed by atoms with Gasteiger partial charge in [0.1, 0.15) is 10.1 Å². The lowest BCUT2D eigenvalue weighted by Gasteiger charge is -2.12. The first-order valence-electron chi connectivity index (χ1n) is 6.65. The zero-order chi connectivity index (χ0) is 15.4. The van der Waals surface area contributed by atoms with Crippen molar-refractivity contribution in [2.75, 3.05) is 6.54 Å². The molecule has 0 unspecified atom stereocenters. The van der Waals surface area contributed by atoms with E-state index in [0.29, 0.717) is 15.8 Å². The minimum Gasteiger partial charge on any atom is -0.490 e. The fraction of sp³-hybridized carbons (Fsp3) is 0.250. The number of carbonyl (C=O) groups excluding carboxylic acids is 1. The van der Waals surface area contributed by atoms with E-state index in [1.54, 1.807) is 11.0 Å². The van der Waals surface area contributed by atoms with Crippen LogP contribution in [0.1, 0.15) is 19.4 Å². The lowest BCUT2D eigenvalue weighted by Crippen LogP contribution is -2.27. The quantitative estimate of drug-likeness (QED) is 0.468. The third-order valence-electron chi connectivity index (χ3n) is 2.75. The van der Waals surface area contributed by atoms with Gasteiger partial charge in [-0.3, -0.25) is 9.69 Å². The van der Waals surface area contributed by atoms with Crippen molar-refractivity contribution in [1.82, 2.24) is 4.90 Å². The minimum atomic E-state index is -0.0794. The third kappa shape index (κ3) is 3.74. The molecule has 110 valence electrons. The van der Waals surface area contributed by atoms with Gasteiger partial charge in [0.25, 0.3) is 5.91 Å². The molecule has 1 amide bonds. The molecule has 1 heterocycles. The van der Waals surface area contributed by atoms with E-state index in [4.69, 9.17) is 17.0 Å². The van der Waals surface area contributed by atoms with Crippen LogP contribution in [0.3, 0.4) is 0 Å². The summed E-state index contributed by atoms with van der Waals surface area (Å²) < 4.78 is 6.33. The van der Waals surface area contributed by atoms with Crippen molar-refractivity contribution in [1.29, 1.82) is 0 Å². The Labute approximate surface area is 134 Å². The van der Waals surface area contributed by atoms with Crippen molar-refractivity contribution in [2.45, 2.75) is 20.0 Å². The van der Waals surface area contributed by atoms with Gasteiger partial charge in [-0.25, -0.2) is 0 Å². The van der Waals surface area contributed by atoms with E-state index < -0.39 is 0 Å². The van der Waals surface area contributed by atoms with Crippen LogP contribution in [-0.4, -0.2) is 27.8 Å². The van der Waals surface area contributed by atoms with Crippen molar-refractivity contribution in [3.8, 4) is 5.75 Å². The Morgan fingerprint density at radius 1 is 1.43 bits per heavy atom. The van der Waals surface area contributed by atoms with Gasteiger partial charge in [-0.15, -0.1) is 6.58 Å². The highest BCUT2D eigenvalue weighted by molar-refractivity contribution is 8.26. The molecule has 0 bridgehead atoms. The van der Waals surface area contributed by atoms with Gasteiger partial charge in [0.05, 0.1) is 11.0 Å². The maximum Gasteiger partial charge on any atom is 0.266 e. The van der Waals surface area contributed by atoms with Crippen LogP contribution in [-0.2, 0) is 4.79 Å². The summed E-state index contributed by atoms with van der Waals surface area (Å²) in [7, 11) is 0. The third-order valence-corrected chi connectivity index (χ3v) is 4.13. The van der Waals surface area contributed by atoms with Crippen LogP contribution in [0.4, 0.5) is 0 Å². The van der Waals surface area contributed by atoms with Crippen molar-refractivity contribution < 1.29 is 9.53 Å². The van der Waals surface area contributed by atoms with Gasteiger partial charge >= 0.3 is 0 Å². The van der Waals surface area contributed by atoms with E-state index in [9.17, 15) is 4.79 Å². The molecule has 0 aromatic heterocycles. The van der Waals surface area contributed by atoms with Crippen LogP contribution in [0.15, 0.2) is 41.8 Å². The summed E-state index contributed by atoms with van der Waals surface area (Å²) in [6.07, 6.45) is 3.58. The average Bonchev–Trinajstić information content (AvgIpc) is 2.69. The lowest BCUT2D eigenvalue weighted by atomic mass is 10.2. The highest BCUT2D eigenvalue weighted by Gasteiger charge is 2.31. The summed E-state index contributed by atoms with van der Waals surface area (Å²) in [5, 5.41) is 0. The molecule has 0 spiro atoms. The molecule has 21 heavy (non-hydrogen) atoms. The molecule has 0 N–H and O–H groups in total. The highest BCUT2D eigenvalue weighted by atomic mass is 32.2. The Kier molecular flexibility index (Phi) is 5.20. The second-order valence-corrected chi connectivity index (χ2v) is 6.46. The summed E-state index contributed by atoms with van der Waals surface area (Å²) in [4.78, 5) is 14.5. The molecule has 0 saturated carbocycles. The van der Waals surface area contributed by atoms with Crippen molar-refractivity contribution >= 4 is 40.3 Å². The molecule has 1 fully saturated rings. The molecule has 5 heteroatoms. The predicted molar refractivity (Wildman–Crippen MR) is 92.3 cm³/mol. The number of nitrogens with zero attached hydrogens (tertiary/aromatic N) is 1. The molecule has 1 aromatic carbocycles. The molecule has 0 radical (unpaired) electrons. The van der Waals surface area contributed by atoms with Crippen molar-refractivity contribution in [2.24, 2.45) is 0 Å². The van der Waals surface area contributed by atoms with Crippen LogP contribution in [0.5, 0.6) is 5.75 Å². The van der Waals surface area contributed by atoms with Crippen LogP contribution >= 0.6 is 24.0 Å². The Balaban J connectivity index is 2.30. The highest BCUT2D eigenvalue weighted by Crippen LogP contribution is 2.34. The monoisotopic (exact) mass is 319 g/mol. The van der Waals surface area contributed by atoms with Crippen LogP contribution < -0.4 is 4.74 Å².